The van der Waals surface area contributed by atoms with Crippen molar-refractivity contribution in [2.24, 2.45) is 0 Å². The van der Waals surface area contributed by atoms with Crippen LogP contribution in [0.25, 0.3) is 0 Å². The summed E-state index contributed by atoms with van der Waals surface area (Å²) in [6.07, 6.45) is -0.940. The van der Waals surface area contributed by atoms with Crippen molar-refractivity contribution >= 4 is 29.6 Å². The molecule has 0 bridgehead atoms. The van der Waals surface area contributed by atoms with Gasteiger partial charge >= 0.3 is 18.2 Å². The maximum atomic E-state index is 11.9. The molecule has 3 N–H and O–H groups in total. The average molecular weight is 364 g/mol. The van der Waals surface area contributed by atoms with Crippen molar-refractivity contribution in [3.8, 4) is 0 Å². The molecule has 9 nitrogen and oxygen atoms in total. The number of benzene rings is 1. The van der Waals surface area contributed by atoms with E-state index in [0.29, 0.717) is 24.5 Å². The van der Waals surface area contributed by atoms with Gasteiger partial charge in [0.15, 0.2) is 0 Å². The molecule has 0 aromatic heterocycles. The first-order valence-corrected chi connectivity index (χ1v) is 8.31. The Hall–Kier alpha value is -2.97. The number of ether oxygens (including phenoxy) is 2. The largest absolute Gasteiger partial charge is 0.447 e. The molecule has 142 valence electrons. The topological polar surface area (TPSA) is 109 Å². The van der Waals surface area contributed by atoms with Crippen LogP contribution in [0.3, 0.4) is 0 Å². The van der Waals surface area contributed by atoms with Gasteiger partial charge in [0.2, 0.25) is 0 Å². The summed E-state index contributed by atoms with van der Waals surface area (Å²) in [5, 5.41) is 7.84. The van der Waals surface area contributed by atoms with Crippen LogP contribution in [0.1, 0.15) is 20.8 Å². The molecule has 2 rings (SSSR count). The van der Waals surface area contributed by atoms with E-state index in [-0.39, 0.29) is 13.1 Å². The number of hydrogen-bond donors (Lipinski definition) is 3. The van der Waals surface area contributed by atoms with Crippen LogP contribution in [-0.2, 0) is 9.47 Å². The normalized spacial score (nSPS) is 13.8. The summed E-state index contributed by atoms with van der Waals surface area (Å²) in [6.45, 7) is 6.62. The first-order valence-electron chi connectivity index (χ1n) is 8.31. The van der Waals surface area contributed by atoms with Crippen molar-refractivity contribution in [3.63, 3.8) is 0 Å². The molecule has 0 saturated carbocycles. The average Bonchev–Trinajstić information content (AvgIpc) is 2.96. The standard InChI is InChI=1S/C17H24N4O5/c1-17(2,3)26-15(23)19-8-7-18-14(22)20-12-5-4-6-13(11-12)21-9-10-25-16(21)24/h4-6,11H,7-10H2,1-3H3,(H,19,23)(H2,18,20,22). The van der Waals surface area contributed by atoms with Crippen molar-refractivity contribution in [3.05, 3.63) is 24.3 Å². The van der Waals surface area contributed by atoms with Crippen LogP contribution in [0.5, 0.6) is 0 Å². The Morgan fingerprint density at radius 1 is 1.23 bits per heavy atom. The molecular formula is C17H24N4O5. The second-order valence-electron chi connectivity index (χ2n) is 6.63. The zero-order valence-electron chi connectivity index (χ0n) is 15.1. The molecule has 1 aliphatic rings. The number of carbonyl (C=O) groups is 3. The number of rotatable bonds is 5. The molecule has 0 atom stereocenters. The minimum absolute atomic E-state index is 0.238. The van der Waals surface area contributed by atoms with Crippen LogP contribution < -0.4 is 20.9 Å². The maximum absolute atomic E-state index is 11.9. The predicted octanol–water partition coefficient (Wildman–Crippen LogP) is 2.29. The third-order valence-corrected chi connectivity index (χ3v) is 3.26. The van der Waals surface area contributed by atoms with Crippen LogP contribution in [0.2, 0.25) is 0 Å². The lowest BCUT2D eigenvalue weighted by Gasteiger charge is -2.19. The van der Waals surface area contributed by atoms with E-state index in [4.69, 9.17) is 9.47 Å². The van der Waals surface area contributed by atoms with Gasteiger partial charge < -0.3 is 25.4 Å². The quantitative estimate of drug-likeness (QED) is 0.695. The highest BCUT2D eigenvalue weighted by atomic mass is 16.6. The van der Waals surface area contributed by atoms with Gasteiger partial charge in [-0.2, -0.15) is 0 Å². The zero-order chi connectivity index (χ0) is 19.2. The molecule has 0 radical (unpaired) electrons. The van der Waals surface area contributed by atoms with E-state index < -0.39 is 23.8 Å². The maximum Gasteiger partial charge on any atom is 0.414 e. The summed E-state index contributed by atoms with van der Waals surface area (Å²) >= 11 is 0. The van der Waals surface area contributed by atoms with Crippen molar-refractivity contribution in [1.29, 1.82) is 0 Å². The van der Waals surface area contributed by atoms with Crippen LogP contribution in [0.15, 0.2) is 24.3 Å². The van der Waals surface area contributed by atoms with E-state index in [1.807, 2.05) is 0 Å². The van der Waals surface area contributed by atoms with Gasteiger partial charge in [0.1, 0.15) is 12.2 Å². The van der Waals surface area contributed by atoms with E-state index in [9.17, 15) is 14.4 Å². The Morgan fingerprint density at radius 3 is 2.62 bits per heavy atom. The molecule has 0 spiro atoms. The van der Waals surface area contributed by atoms with Crippen molar-refractivity contribution in [1.82, 2.24) is 10.6 Å². The smallest absolute Gasteiger partial charge is 0.414 e. The molecule has 0 aliphatic carbocycles. The third-order valence-electron chi connectivity index (χ3n) is 3.26. The fourth-order valence-corrected chi connectivity index (χ4v) is 2.21. The number of amides is 4. The zero-order valence-corrected chi connectivity index (χ0v) is 15.1. The van der Waals surface area contributed by atoms with Crippen molar-refractivity contribution < 1.29 is 23.9 Å². The molecule has 1 fully saturated rings. The number of cyclic esters (lactones) is 1. The van der Waals surface area contributed by atoms with Crippen LogP contribution in [-0.4, -0.2) is 50.1 Å². The minimum Gasteiger partial charge on any atom is -0.447 e. The van der Waals surface area contributed by atoms with Gasteiger partial charge in [-0.15, -0.1) is 0 Å². The van der Waals surface area contributed by atoms with Gasteiger partial charge in [0, 0.05) is 24.5 Å². The number of nitrogens with zero attached hydrogens (tertiary/aromatic N) is 1. The van der Waals surface area contributed by atoms with Crippen LogP contribution >= 0.6 is 0 Å². The highest BCUT2D eigenvalue weighted by molar-refractivity contribution is 5.93. The lowest BCUT2D eigenvalue weighted by Crippen LogP contribution is -2.39. The van der Waals surface area contributed by atoms with Crippen LogP contribution in [0.4, 0.5) is 25.8 Å². The second-order valence-corrected chi connectivity index (χ2v) is 6.63. The Bertz CT molecular complexity index is 671. The Morgan fingerprint density at radius 2 is 1.96 bits per heavy atom. The molecular weight excluding hydrogens is 340 g/mol. The minimum atomic E-state index is -0.568. The van der Waals surface area contributed by atoms with Gasteiger partial charge in [0.05, 0.1) is 6.54 Å². The SMILES string of the molecule is CC(C)(C)OC(=O)NCCNC(=O)Nc1cccc(N2CCOC2=O)c1. The Balaban J connectivity index is 1.74. The second kappa shape index (κ2) is 8.41. The molecule has 1 aromatic rings. The summed E-state index contributed by atoms with van der Waals surface area (Å²) < 4.78 is 9.99. The monoisotopic (exact) mass is 364 g/mol. The summed E-state index contributed by atoms with van der Waals surface area (Å²) in [7, 11) is 0. The molecule has 26 heavy (non-hydrogen) atoms. The first kappa shape index (κ1) is 19.4. The number of alkyl carbamates (subject to hydrolysis) is 1. The summed E-state index contributed by atoms with van der Waals surface area (Å²) in [6, 6.07) is 6.48. The van der Waals surface area contributed by atoms with Crippen LogP contribution in [0, 0.1) is 0 Å². The number of anilines is 2. The van der Waals surface area contributed by atoms with Gasteiger partial charge in [-0.1, -0.05) is 6.07 Å². The van der Waals surface area contributed by atoms with Gasteiger partial charge in [-0.25, -0.2) is 14.4 Å². The van der Waals surface area contributed by atoms with Gasteiger partial charge in [0.25, 0.3) is 0 Å². The molecule has 1 saturated heterocycles. The summed E-state index contributed by atoms with van der Waals surface area (Å²) in [5.74, 6) is 0. The van der Waals surface area contributed by atoms with Gasteiger partial charge in [-0.3, -0.25) is 4.90 Å². The van der Waals surface area contributed by atoms with Gasteiger partial charge in [-0.05, 0) is 39.0 Å². The lowest BCUT2D eigenvalue weighted by atomic mass is 10.2. The third kappa shape index (κ3) is 6.15. The number of carbonyl (C=O) groups excluding carboxylic acids is 3. The Kier molecular flexibility index (Phi) is 6.26. The van der Waals surface area contributed by atoms with Crippen molar-refractivity contribution in [2.75, 3.05) is 36.5 Å². The molecule has 1 aliphatic heterocycles. The van der Waals surface area contributed by atoms with E-state index in [2.05, 4.69) is 16.0 Å². The molecule has 0 unspecified atom stereocenters. The number of urea groups is 1. The van der Waals surface area contributed by atoms with E-state index in [1.165, 1.54) is 4.90 Å². The highest BCUT2D eigenvalue weighted by Crippen LogP contribution is 2.22. The van der Waals surface area contributed by atoms with E-state index >= 15 is 0 Å². The van der Waals surface area contributed by atoms with E-state index in [0.717, 1.165) is 0 Å². The van der Waals surface area contributed by atoms with Crippen molar-refractivity contribution in [2.45, 2.75) is 26.4 Å². The molecule has 1 heterocycles. The first-order chi connectivity index (χ1) is 12.2. The summed E-state index contributed by atoms with van der Waals surface area (Å²) in [5.41, 5.74) is 0.624. The molecule has 1 aromatic carbocycles. The number of nitrogens with one attached hydrogen (secondary N) is 3. The summed E-state index contributed by atoms with van der Waals surface area (Å²) in [4.78, 5) is 36.5. The molecule has 4 amide bonds. The Labute approximate surface area is 152 Å². The predicted molar refractivity (Wildman–Crippen MR) is 96.4 cm³/mol. The fourth-order valence-electron chi connectivity index (χ4n) is 2.21. The molecule has 9 heteroatoms. The number of hydrogen-bond acceptors (Lipinski definition) is 5. The highest BCUT2D eigenvalue weighted by Gasteiger charge is 2.23. The lowest BCUT2D eigenvalue weighted by molar-refractivity contribution is 0.0528. The fraction of sp³-hybridized carbons (Fsp3) is 0.471. The van der Waals surface area contributed by atoms with E-state index in [1.54, 1.807) is 45.0 Å².